The van der Waals surface area contributed by atoms with Gasteiger partial charge in [0.25, 0.3) is 0 Å². The molecule has 1 amide bonds. The van der Waals surface area contributed by atoms with Crippen molar-refractivity contribution in [3.05, 3.63) is 24.3 Å². The summed E-state index contributed by atoms with van der Waals surface area (Å²) in [6.45, 7) is 4.57. The van der Waals surface area contributed by atoms with E-state index < -0.39 is 0 Å². The third-order valence-electron chi connectivity index (χ3n) is 2.12. The maximum atomic E-state index is 11.5. The fourth-order valence-corrected chi connectivity index (χ4v) is 1.36. The monoisotopic (exact) mass is 272 g/mol. The van der Waals surface area contributed by atoms with Crippen LogP contribution in [0.2, 0.25) is 0 Å². The molecular weight excluding hydrogens is 252 g/mol. The van der Waals surface area contributed by atoms with Crippen molar-refractivity contribution in [1.29, 1.82) is 0 Å². The van der Waals surface area contributed by atoms with Gasteiger partial charge in [-0.15, -0.1) is 12.4 Å². The lowest BCUT2D eigenvalue weighted by Crippen LogP contribution is -2.23. The van der Waals surface area contributed by atoms with Gasteiger partial charge >= 0.3 is 0 Å². The molecule has 0 aromatic heterocycles. The number of carbonyl (C=O) groups is 1. The van der Waals surface area contributed by atoms with E-state index in [-0.39, 0.29) is 24.4 Å². The van der Waals surface area contributed by atoms with Gasteiger partial charge in [0.15, 0.2) is 0 Å². The summed E-state index contributed by atoms with van der Waals surface area (Å²) in [5.41, 5.74) is 6.31. The van der Waals surface area contributed by atoms with Crippen LogP contribution in [0.3, 0.4) is 0 Å². The van der Waals surface area contributed by atoms with Crippen LogP contribution in [0.5, 0.6) is 5.75 Å². The van der Waals surface area contributed by atoms with Crippen LogP contribution in [0, 0.1) is 0 Å². The standard InChI is InChI=1S/C13H20N2O2.ClH/c1-3-8-17-12-6-4-11(5-7-12)15-13(16)9-10(2)14;/h4-7,10H,3,8-9,14H2,1-2H3,(H,15,16);1H. The molecule has 1 rings (SSSR count). The maximum absolute atomic E-state index is 11.5. The molecule has 0 fully saturated rings. The SMILES string of the molecule is CCCOc1ccc(NC(=O)CC(C)N)cc1.Cl. The molecule has 0 saturated heterocycles. The molecule has 0 aliphatic carbocycles. The Labute approximate surface area is 114 Å². The first-order valence-electron chi connectivity index (χ1n) is 5.90. The van der Waals surface area contributed by atoms with Crippen LogP contribution in [0.1, 0.15) is 26.7 Å². The van der Waals surface area contributed by atoms with Crippen molar-refractivity contribution in [1.82, 2.24) is 0 Å². The number of nitrogens with one attached hydrogen (secondary N) is 1. The van der Waals surface area contributed by atoms with Gasteiger partial charge < -0.3 is 15.8 Å². The van der Waals surface area contributed by atoms with Gasteiger partial charge in [-0.05, 0) is 37.6 Å². The van der Waals surface area contributed by atoms with Crippen LogP contribution in [0.4, 0.5) is 5.69 Å². The fraction of sp³-hybridized carbons (Fsp3) is 0.462. The molecule has 0 radical (unpaired) electrons. The van der Waals surface area contributed by atoms with E-state index in [4.69, 9.17) is 10.5 Å². The summed E-state index contributed by atoms with van der Waals surface area (Å²) in [7, 11) is 0. The van der Waals surface area contributed by atoms with E-state index in [1.54, 1.807) is 6.92 Å². The first-order valence-corrected chi connectivity index (χ1v) is 5.90. The minimum absolute atomic E-state index is 0. The molecule has 18 heavy (non-hydrogen) atoms. The highest BCUT2D eigenvalue weighted by Gasteiger charge is 2.05. The van der Waals surface area contributed by atoms with E-state index in [0.29, 0.717) is 13.0 Å². The average molecular weight is 273 g/mol. The molecule has 1 atom stereocenters. The van der Waals surface area contributed by atoms with Crippen molar-refractivity contribution < 1.29 is 9.53 Å². The highest BCUT2D eigenvalue weighted by atomic mass is 35.5. The molecule has 1 aromatic carbocycles. The van der Waals surface area contributed by atoms with E-state index in [2.05, 4.69) is 12.2 Å². The predicted molar refractivity (Wildman–Crippen MR) is 76.4 cm³/mol. The Balaban J connectivity index is 0.00000289. The zero-order chi connectivity index (χ0) is 12.7. The Morgan fingerprint density at radius 1 is 1.39 bits per heavy atom. The van der Waals surface area contributed by atoms with Gasteiger partial charge in [-0.1, -0.05) is 6.92 Å². The Hall–Kier alpha value is -1.26. The lowest BCUT2D eigenvalue weighted by molar-refractivity contribution is -0.116. The highest BCUT2D eigenvalue weighted by Crippen LogP contribution is 2.16. The minimum Gasteiger partial charge on any atom is -0.494 e. The number of halogens is 1. The van der Waals surface area contributed by atoms with Crippen LogP contribution in [0.15, 0.2) is 24.3 Å². The van der Waals surface area contributed by atoms with Crippen LogP contribution in [-0.4, -0.2) is 18.6 Å². The predicted octanol–water partition coefficient (Wildman–Crippen LogP) is 2.57. The summed E-state index contributed by atoms with van der Waals surface area (Å²) in [6, 6.07) is 7.21. The summed E-state index contributed by atoms with van der Waals surface area (Å²) in [5.74, 6) is 0.749. The second kappa shape index (κ2) is 8.78. The first-order chi connectivity index (χ1) is 8.11. The Morgan fingerprint density at radius 3 is 2.50 bits per heavy atom. The second-order valence-electron chi connectivity index (χ2n) is 4.10. The van der Waals surface area contributed by atoms with Gasteiger partial charge in [0.1, 0.15) is 5.75 Å². The first kappa shape index (κ1) is 16.7. The summed E-state index contributed by atoms with van der Waals surface area (Å²) >= 11 is 0. The molecule has 5 heteroatoms. The number of rotatable bonds is 6. The van der Waals surface area contributed by atoms with E-state index in [1.807, 2.05) is 24.3 Å². The Bertz CT molecular complexity index is 353. The number of hydrogen-bond acceptors (Lipinski definition) is 3. The van der Waals surface area contributed by atoms with Crippen molar-refractivity contribution >= 4 is 24.0 Å². The summed E-state index contributed by atoms with van der Waals surface area (Å²) < 4.78 is 5.45. The largest absolute Gasteiger partial charge is 0.494 e. The lowest BCUT2D eigenvalue weighted by Gasteiger charge is -2.08. The molecule has 4 nitrogen and oxygen atoms in total. The van der Waals surface area contributed by atoms with Crippen LogP contribution >= 0.6 is 12.4 Å². The highest BCUT2D eigenvalue weighted by molar-refractivity contribution is 5.91. The number of nitrogens with two attached hydrogens (primary N) is 1. The summed E-state index contributed by atoms with van der Waals surface area (Å²) in [5, 5.41) is 2.78. The molecule has 1 aromatic rings. The van der Waals surface area contributed by atoms with Crippen molar-refractivity contribution in [3.8, 4) is 5.75 Å². The average Bonchev–Trinajstić information content (AvgIpc) is 2.27. The van der Waals surface area contributed by atoms with Crippen molar-refractivity contribution in [2.45, 2.75) is 32.7 Å². The molecule has 102 valence electrons. The Kier molecular flexibility index (Phi) is 8.16. The maximum Gasteiger partial charge on any atom is 0.225 e. The zero-order valence-electron chi connectivity index (χ0n) is 10.8. The number of amides is 1. The molecular formula is C13H21ClN2O2. The fourth-order valence-electron chi connectivity index (χ4n) is 1.36. The summed E-state index contributed by atoms with van der Waals surface area (Å²) in [6.07, 6.45) is 1.31. The molecule has 0 bridgehead atoms. The quantitative estimate of drug-likeness (QED) is 0.837. The van der Waals surface area contributed by atoms with Gasteiger partial charge in [-0.3, -0.25) is 4.79 Å². The van der Waals surface area contributed by atoms with Crippen molar-refractivity contribution in [3.63, 3.8) is 0 Å². The summed E-state index contributed by atoms with van der Waals surface area (Å²) in [4.78, 5) is 11.5. The van der Waals surface area contributed by atoms with Gasteiger partial charge in [0, 0.05) is 18.2 Å². The van der Waals surface area contributed by atoms with E-state index in [0.717, 1.165) is 17.9 Å². The number of carbonyl (C=O) groups excluding carboxylic acids is 1. The van der Waals surface area contributed by atoms with Crippen molar-refractivity contribution in [2.75, 3.05) is 11.9 Å². The van der Waals surface area contributed by atoms with Crippen LogP contribution in [0.25, 0.3) is 0 Å². The number of ether oxygens (including phenoxy) is 1. The lowest BCUT2D eigenvalue weighted by atomic mass is 10.2. The minimum atomic E-state index is -0.123. The van der Waals surface area contributed by atoms with E-state index >= 15 is 0 Å². The topological polar surface area (TPSA) is 64.3 Å². The molecule has 0 heterocycles. The van der Waals surface area contributed by atoms with Gasteiger partial charge in [-0.2, -0.15) is 0 Å². The number of anilines is 1. The van der Waals surface area contributed by atoms with Crippen molar-refractivity contribution in [2.24, 2.45) is 5.73 Å². The van der Waals surface area contributed by atoms with Crippen LogP contribution < -0.4 is 15.8 Å². The number of benzene rings is 1. The smallest absolute Gasteiger partial charge is 0.225 e. The van der Waals surface area contributed by atoms with E-state index in [9.17, 15) is 4.79 Å². The van der Waals surface area contributed by atoms with Crippen LogP contribution in [-0.2, 0) is 4.79 Å². The Morgan fingerprint density at radius 2 is 2.00 bits per heavy atom. The second-order valence-corrected chi connectivity index (χ2v) is 4.10. The third kappa shape index (κ3) is 6.47. The molecule has 1 unspecified atom stereocenters. The van der Waals surface area contributed by atoms with Gasteiger partial charge in [-0.25, -0.2) is 0 Å². The molecule has 0 aliphatic heterocycles. The molecule has 3 N–H and O–H groups in total. The molecule has 0 aliphatic rings. The van der Waals surface area contributed by atoms with Gasteiger partial charge in [0.2, 0.25) is 5.91 Å². The van der Waals surface area contributed by atoms with E-state index in [1.165, 1.54) is 0 Å². The zero-order valence-corrected chi connectivity index (χ0v) is 11.6. The normalized spacial score (nSPS) is 11.3. The third-order valence-corrected chi connectivity index (χ3v) is 2.12. The molecule has 0 saturated carbocycles. The number of hydrogen-bond donors (Lipinski definition) is 2. The van der Waals surface area contributed by atoms with Gasteiger partial charge in [0.05, 0.1) is 6.61 Å². The molecule has 0 spiro atoms.